The van der Waals surface area contributed by atoms with Crippen molar-refractivity contribution in [1.29, 1.82) is 0 Å². The first-order valence-corrected chi connectivity index (χ1v) is 5.13. The van der Waals surface area contributed by atoms with Gasteiger partial charge in [0.2, 0.25) is 11.9 Å². The molecule has 1 amide bonds. The lowest BCUT2D eigenvalue weighted by atomic mass is 10.3. The molecule has 5 nitrogen and oxygen atoms in total. The van der Waals surface area contributed by atoms with Crippen molar-refractivity contribution in [3.63, 3.8) is 0 Å². The highest BCUT2D eigenvalue weighted by Gasteiger charge is 2.36. The summed E-state index contributed by atoms with van der Waals surface area (Å²) in [6.45, 7) is 1.24. The Bertz CT molecular complexity index is 427. The van der Waals surface area contributed by atoms with Gasteiger partial charge in [0.25, 0.3) is 0 Å². The number of aromatic nitrogens is 2. The molecule has 0 unspecified atom stereocenters. The standard InChI is InChI=1S/C10H12N4O/c11-10-12-3-7-4-14(5-8(7)13-10)9(15)6-1-2-6/h3,6H,1-2,4-5H2,(H2,11,12,13). The van der Waals surface area contributed by atoms with Crippen LogP contribution in [0.3, 0.4) is 0 Å². The number of nitrogens with two attached hydrogens (primary N) is 1. The van der Waals surface area contributed by atoms with Crippen LogP contribution in [0, 0.1) is 5.92 Å². The van der Waals surface area contributed by atoms with Crippen LogP contribution in [0.15, 0.2) is 6.20 Å². The van der Waals surface area contributed by atoms with Gasteiger partial charge in [0.15, 0.2) is 0 Å². The Morgan fingerprint density at radius 3 is 3.00 bits per heavy atom. The van der Waals surface area contributed by atoms with Crippen LogP contribution in [0.2, 0.25) is 0 Å². The highest BCUT2D eigenvalue weighted by Crippen LogP contribution is 2.33. The Labute approximate surface area is 87.3 Å². The van der Waals surface area contributed by atoms with E-state index in [0.717, 1.165) is 24.1 Å². The van der Waals surface area contributed by atoms with E-state index in [2.05, 4.69) is 9.97 Å². The number of carbonyl (C=O) groups excluding carboxylic acids is 1. The number of amides is 1. The molecule has 1 aromatic heterocycles. The summed E-state index contributed by atoms with van der Waals surface area (Å²) in [5.74, 6) is 0.811. The van der Waals surface area contributed by atoms with Crippen molar-refractivity contribution in [3.05, 3.63) is 17.5 Å². The van der Waals surface area contributed by atoms with Gasteiger partial charge in [-0.3, -0.25) is 4.79 Å². The summed E-state index contributed by atoms with van der Waals surface area (Å²) < 4.78 is 0. The van der Waals surface area contributed by atoms with Crippen molar-refractivity contribution in [2.75, 3.05) is 5.73 Å². The van der Waals surface area contributed by atoms with Crippen LogP contribution < -0.4 is 5.73 Å². The fourth-order valence-electron chi connectivity index (χ4n) is 1.91. The number of hydrogen-bond acceptors (Lipinski definition) is 4. The van der Waals surface area contributed by atoms with E-state index < -0.39 is 0 Å². The molecule has 0 bridgehead atoms. The molecule has 78 valence electrons. The third-order valence-electron chi connectivity index (χ3n) is 2.91. The Hall–Kier alpha value is -1.65. The Morgan fingerprint density at radius 2 is 2.27 bits per heavy atom. The number of nitrogens with zero attached hydrogens (tertiary/aromatic N) is 3. The normalized spacial score (nSPS) is 19.1. The Balaban J connectivity index is 1.82. The van der Waals surface area contributed by atoms with E-state index in [0.29, 0.717) is 13.1 Å². The Morgan fingerprint density at radius 1 is 1.47 bits per heavy atom. The molecule has 5 heteroatoms. The first-order chi connectivity index (χ1) is 7.24. The van der Waals surface area contributed by atoms with Gasteiger partial charge in [-0.15, -0.1) is 0 Å². The molecule has 1 aliphatic heterocycles. The van der Waals surface area contributed by atoms with Crippen LogP contribution >= 0.6 is 0 Å². The van der Waals surface area contributed by atoms with Gasteiger partial charge in [-0.2, -0.15) is 0 Å². The highest BCUT2D eigenvalue weighted by molar-refractivity contribution is 5.81. The fraction of sp³-hybridized carbons (Fsp3) is 0.500. The zero-order chi connectivity index (χ0) is 10.4. The van der Waals surface area contributed by atoms with Gasteiger partial charge >= 0.3 is 0 Å². The molecule has 15 heavy (non-hydrogen) atoms. The molecular formula is C10H12N4O. The van der Waals surface area contributed by atoms with Crippen molar-refractivity contribution in [2.45, 2.75) is 25.9 Å². The van der Waals surface area contributed by atoms with Gasteiger partial charge in [-0.25, -0.2) is 9.97 Å². The van der Waals surface area contributed by atoms with Crippen molar-refractivity contribution in [1.82, 2.24) is 14.9 Å². The van der Waals surface area contributed by atoms with E-state index in [4.69, 9.17) is 5.73 Å². The van der Waals surface area contributed by atoms with Crippen LogP contribution in [0.25, 0.3) is 0 Å². The van der Waals surface area contributed by atoms with Crippen LogP contribution in [-0.2, 0) is 17.9 Å². The number of anilines is 1. The molecular weight excluding hydrogens is 192 g/mol. The number of nitrogen functional groups attached to an aromatic ring is 1. The lowest BCUT2D eigenvalue weighted by Gasteiger charge is -2.13. The quantitative estimate of drug-likeness (QED) is 0.714. The van der Waals surface area contributed by atoms with E-state index in [1.54, 1.807) is 6.20 Å². The van der Waals surface area contributed by atoms with Gasteiger partial charge < -0.3 is 10.6 Å². The summed E-state index contributed by atoms with van der Waals surface area (Å²) in [7, 11) is 0. The van der Waals surface area contributed by atoms with Gasteiger partial charge in [-0.05, 0) is 12.8 Å². The lowest BCUT2D eigenvalue weighted by Crippen LogP contribution is -2.26. The van der Waals surface area contributed by atoms with Crippen molar-refractivity contribution in [2.24, 2.45) is 5.92 Å². The third kappa shape index (κ3) is 1.44. The monoisotopic (exact) mass is 204 g/mol. The van der Waals surface area contributed by atoms with Crippen LogP contribution in [0.4, 0.5) is 5.95 Å². The van der Waals surface area contributed by atoms with Crippen molar-refractivity contribution >= 4 is 11.9 Å². The number of carbonyl (C=O) groups is 1. The van der Waals surface area contributed by atoms with Crippen molar-refractivity contribution < 1.29 is 4.79 Å². The maximum atomic E-state index is 11.8. The summed E-state index contributed by atoms with van der Waals surface area (Å²) in [6, 6.07) is 0. The Kier molecular flexibility index (Phi) is 1.68. The SMILES string of the molecule is Nc1ncc2c(n1)CN(C(=O)C1CC1)C2. The molecule has 0 saturated heterocycles. The van der Waals surface area contributed by atoms with Gasteiger partial charge in [0.1, 0.15) is 0 Å². The molecule has 2 aliphatic rings. The van der Waals surface area contributed by atoms with Gasteiger partial charge in [0, 0.05) is 24.2 Å². The van der Waals surface area contributed by atoms with E-state index in [-0.39, 0.29) is 17.8 Å². The second-order valence-corrected chi connectivity index (χ2v) is 4.17. The van der Waals surface area contributed by atoms with Crippen LogP contribution in [0.1, 0.15) is 24.1 Å². The molecule has 1 aromatic rings. The summed E-state index contributed by atoms with van der Waals surface area (Å²) >= 11 is 0. The molecule has 1 saturated carbocycles. The first-order valence-electron chi connectivity index (χ1n) is 5.13. The summed E-state index contributed by atoms with van der Waals surface area (Å²) in [5.41, 5.74) is 7.42. The van der Waals surface area contributed by atoms with E-state index >= 15 is 0 Å². The second-order valence-electron chi connectivity index (χ2n) is 4.17. The molecule has 2 N–H and O–H groups in total. The average molecular weight is 204 g/mol. The molecule has 1 fully saturated rings. The topological polar surface area (TPSA) is 72.1 Å². The average Bonchev–Trinajstić information content (AvgIpc) is 2.97. The maximum absolute atomic E-state index is 11.8. The smallest absolute Gasteiger partial charge is 0.226 e. The van der Waals surface area contributed by atoms with Gasteiger partial charge in [-0.1, -0.05) is 0 Å². The van der Waals surface area contributed by atoms with E-state index in [1.807, 2.05) is 4.90 Å². The van der Waals surface area contributed by atoms with E-state index in [9.17, 15) is 4.79 Å². The zero-order valence-corrected chi connectivity index (χ0v) is 8.31. The predicted octanol–water partition coefficient (Wildman–Crippen LogP) is 0.311. The summed E-state index contributed by atoms with van der Waals surface area (Å²) in [4.78, 5) is 21.7. The van der Waals surface area contributed by atoms with Crippen LogP contribution in [0.5, 0.6) is 0 Å². The van der Waals surface area contributed by atoms with Crippen molar-refractivity contribution in [3.8, 4) is 0 Å². The molecule has 0 radical (unpaired) electrons. The summed E-state index contributed by atoms with van der Waals surface area (Å²) in [6.07, 6.45) is 3.80. The fourth-order valence-corrected chi connectivity index (χ4v) is 1.91. The minimum absolute atomic E-state index is 0.256. The van der Waals surface area contributed by atoms with E-state index in [1.165, 1.54) is 0 Å². The largest absolute Gasteiger partial charge is 0.368 e. The second kappa shape index (κ2) is 2.92. The summed E-state index contributed by atoms with van der Waals surface area (Å²) in [5, 5.41) is 0. The lowest BCUT2D eigenvalue weighted by molar-refractivity contribution is -0.133. The molecule has 0 aromatic carbocycles. The maximum Gasteiger partial charge on any atom is 0.226 e. The first kappa shape index (κ1) is 8.64. The number of rotatable bonds is 1. The molecule has 2 heterocycles. The predicted molar refractivity (Wildman–Crippen MR) is 53.4 cm³/mol. The molecule has 1 aliphatic carbocycles. The molecule has 3 rings (SSSR count). The third-order valence-corrected chi connectivity index (χ3v) is 2.91. The number of fused-ring (bicyclic) bond motifs is 1. The minimum Gasteiger partial charge on any atom is -0.368 e. The number of hydrogen-bond donors (Lipinski definition) is 1. The minimum atomic E-state index is 0.256. The zero-order valence-electron chi connectivity index (χ0n) is 8.31. The van der Waals surface area contributed by atoms with Gasteiger partial charge in [0.05, 0.1) is 12.2 Å². The highest BCUT2D eigenvalue weighted by atomic mass is 16.2. The molecule has 0 spiro atoms. The van der Waals surface area contributed by atoms with Crippen LogP contribution in [-0.4, -0.2) is 20.8 Å². The molecule has 0 atom stereocenters.